The van der Waals surface area contributed by atoms with Crippen LogP contribution < -0.4 is 0 Å². The number of aromatic nitrogens is 2. The second-order valence-electron chi connectivity index (χ2n) is 19.8. The summed E-state index contributed by atoms with van der Waals surface area (Å²) in [5.41, 5.74) is 21.6. The van der Waals surface area contributed by atoms with Crippen molar-refractivity contribution in [1.82, 2.24) is 9.13 Å². The molecule has 0 saturated heterocycles. The van der Waals surface area contributed by atoms with Gasteiger partial charge in [-0.15, -0.1) is 11.3 Å². The second kappa shape index (κ2) is 13.3. The van der Waals surface area contributed by atoms with Gasteiger partial charge in [0.05, 0.1) is 27.5 Å². The predicted octanol–water partition coefficient (Wildman–Crippen LogP) is 19.4. The molecule has 0 bridgehead atoms. The van der Waals surface area contributed by atoms with E-state index in [9.17, 15) is 0 Å². The van der Waals surface area contributed by atoms with Crippen LogP contribution in [0.5, 0.6) is 0 Å². The SMILES string of the molecule is c1cc(-c2cccc(-n3c4ccccc4c4c5c(sc6ccccc65)c5c(c43)-c3cccc4cccc-5c34)c2)cc(-n2c3ccccc3c3c4oc5ccccc5c4c4c(c32)-c2cccc3cccc-4c23)c1. The average molecular weight is 929 g/mol. The maximum absolute atomic E-state index is 7.03. The van der Waals surface area contributed by atoms with Gasteiger partial charge in [-0.1, -0.05) is 170 Å². The zero-order chi connectivity index (χ0) is 46.5. The Balaban J connectivity index is 0.912. The summed E-state index contributed by atoms with van der Waals surface area (Å²) in [5.74, 6) is 0. The van der Waals surface area contributed by atoms with E-state index in [1.807, 2.05) is 11.3 Å². The van der Waals surface area contributed by atoms with Crippen LogP contribution in [0.2, 0.25) is 0 Å². The first-order valence-electron chi connectivity index (χ1n) is 24.8. The summed E-state index contributed by atoms with van der Waals surface area (Å²) in [4.78, 5) is 0. The lowest BCUT2D eigenvalue weighted by atomic mass is 9.94. The van der Waals surface area contributed by atoms with Crippen molar-refractivity contribution in [2.75, 3.05) is 0 Å². The fourth-order valence-corrected chi connectivity index (χ4v) is 14.9. The minimum Gasteiger partial charge on any atom is -0.455 e. The molecule has 3 nitrogen and oxygen atoms in total. The Morgan fingerprint density at radius 3 is 1.46 bits per heavy atom. The second-order valence-corrected chi connectivity index (χ2v) is 20.8. The van der Waals surface area contributed by atoms with E-state index in [0.717, 1.165) is 50.0 Å². The quantitative estimate of drug-likeness (QED) is 0.173. The first-order valence-corrected chi connectivity index (χ1v) is 25.7. The van der Waals surface area contributed by atoms with Crippen molar-refractivity contribution in [3.63, 3.8) is 0 Å². The molecule has 72 heavy (non-hydrogen) atoms. The highest BCUT2D eigenvalue weighted by molar-refractivity contribution is 7.26. The molecule has 2 aliphatic carbocycles. The molecule has 0 saturated carbocycles. The summed E-state index contributed by atoms with van der Waals surface area (Å²) in [7, 11) is 0. The van der Waals surface area contributed by atoms with Crippen LogP contribution in [0.25, 0.3) is 174 Å². The molecule has 0 unspecified atom stereocenters. The van der Waals surface area contributed by atoms with Gasteiger partial charge in [-0.2, -0.15) is 0 Å². The molecule has 2 aliphatic rings. The molecular formula is C68H36N2OS. The molecule has 0 spiro atoms. The van der Waals surface area contributed by atoms with E-state index in [-0.39, 0.29) is 0 Å². The number of rotatable bonds is 3. The summed E-state index contributed by atoms with van der Waals surface area (Å²) in [6.07, 6.45) is 0. The molecular weight excluding hydrogens is 893 g/mol. The largest absolute Gasteiger partial charge is 0.455 e. The van der Waals surface area contributed by atoms with Crippen LogP contribution in [0.4, 0.5) is 0 Å². The highest BCUT2D eigenvalue weighted by Crippen LogP contribution is 2.60. The van der Waals surface area contributed by atoms with Crippen molar-refractivity contribution in [1.29, 1.82) is 0 Å². The van der Waals surface area contributed by atoms with E-state index in [1.165, 1.54) is 124 Å². The third-order valence-electron chi connectivity index (χ3n) is 16.3. The maximum atomic E-state index is 7.03. The van der Waals surface area contributed by atoms with Gasteiger partial charge in [0, 0.05) is 80.7 Å². The van der Waals surface area contributed by atoms with Gasteiger partial charge in [0.1, 0.15) is 11.2 Å². The van der Waals surface area contributed by atoms with Crippen LogP contribution in [-0.4, -0.2) is 9.13 Å². The molecule has 0 fully saturated rings. The van der Waals surface area contributed by atoms with Crippen LogP contribution in [-0.2, 0) is 0 Å². The highest BCUT2D eigenvalue weighted by Gasteiger charge is 2.34. The molecule has 0 atom stereocenters. The maximum Gasteiger partial charge on any atom is 0.146 e. The lowest BCUT2D eigenvalue weighted by Crippen LogP contribution is -1.98. The Bertz CT molecular complexity index is 5160. The standard InChI is InChI=1S/C68H36N2OS/c1-5-31-51-43(23-1)58-62-46-26-4-8-34-54(46)72-68(62)63-50-30-14-18-38-17-13-29-49(56(38)50)60(63)65(58)69(51)41-21-9-19-39(35-41)40-20-10-22-42(36-40)70-52-32-6-2-24-44(52)64-66(70)59-48-28-12-16-37-15-11-27-47(55(37)48)57(59)61-45-25-3-7-33-53(45)71-67(61)64/h1-36H. The Labute approximate surface area is 415 Å². The fraction of sp³-hybridized carbons (Fsp3) is 0. The Kier molecular flexibility index (Phi) is 6.98. The van der Waals surface area contributed by atoms with Crippen molar-refractivity contribution < 1.29 is 4.42 Å². The van der Waals surface area contributed by atoms with E-state index in [2.05, 4.69) is 228 Å². The van der Waals surface area contributed by atoms with Crippen molar-refractivity contribution >= 4 is 119 Å². The van der Waals surface area contributed by atoms with Crippen LogP contribution in [0.1, 0.15) is 0 Å². The average Bonchev–Trinajstić information content (AvgIpc) is 4.29. The number of fused-ring (bicyclic) bond motifs is 24. The zero-order valence-electron chi connectivity index (χ0n) is 38.5. The van der Waals surface area contributed by atoms with E-state index in [1.54, 1.807) is 0 Å². The molecule has 0 N–H and O–H groups in total. The molecule has 4 heteroatoms. The van der Waals surface area contributed by atoms with Crippen LogP contribution in [0.15, 0.2) is 223 Å². The molecule has 18 rings (SSSR count). The first kappa shape index (κ1) is 37.6. The van der Waals surface area contributed by atoms with E-state index < -0.39 is 0 Å². The Morgan fingerprint density at radius 1 is 0.333 bits per heavy atom. The van der Waals surface area contributed by atoms with Gasteiger partial charge in [-0.25, -0.2) is 0 Å². The zero-order valence-corrected chi connectivity index (χ0v) is 39.3. The van der Waals surface area contributed by atoms with Gasteiger partial charge >= 0.3 is 0 Å². The molecule has 16 aromatic rings. The van der Waals surface area contributed by atoms with Gasteiger partial charge < -0.3 is 13.6 Å². The summed E-state index contributed by atoms with van der Waals surface area (Å²) in [6, 6.07) is 81.2. The third kappa shape index (κ3) is 4.54. The number of nitrogens with zero attached hydrogens (tertiary/aromatic N) is 2. The highest BCUT2D eigenvalue weighted by atomic mass is 32.1. The summed E-state index contributed by atoms with van der Waals surface area (Å²) < 4.78 is 14.8. The van der Waals surface area contributed by atoms with Crippen LogP contribution in [0, 0.1) is 0 Å². The van der Waals surface area contributed by atoms with E-state index >= 15 is 0 Å². The molecule has 0 amide bonds. The topological polar surface area (TPSA) is 23.0 Å². The number of hydrogen-bond acceptors (Lipinski definition) is 2. The number of furan rings is 1. The Morgan fingerprint density at radius 2 is 0.819 bits per heavy atom. The minimum atomic E-state index is 0.909. The smallest absolute Gasteiger partial charge is 0.146 e. The van der Waals surface area contributed by atoms with E-state index in [4.69, 9.17) is 4.42 Å². The molecule has 4 aromatic heterocycles. The number of benzene rings is 12. The fourth-order valence-electron chi connectivity index (χ4n) is 13.6. The summed E-state index contributed by atoms with van der Waals surface area (Å²) in [5, 5.41) is 15.1. The van der Waals surface area contributed by atoms with Crippen molar-refractivity contribution in [2.24, 2.45) is 0 Å². The molecule has 330 valence electrons. The number of para-hydroxylation sites is 3. The minimum absolute atomic E-state index is 0.909. The molecule has 12 aromatic carbocycles. The normalized spacial score (nSPS) is 12.7. The van der Waals surface area contributed by atoms with Gasteiger partial charge in [-0.05, 0) is 103 Å². The van der Waals surface area contributed by atoms with Gasteiger partial charge in [-0.3, -0.25) is 0 Å². The monoisotopic (exact) mass is 928 g/mol. The van der Waals surface area contributed by atoms with Crippen LogP contribution >= 0.6 is 11.3 Å². The lowest BCUT2D eigenvalue weighted by molar-refractivity contribution is 0.673. The lowest BCUT2D eigenvalue weighted by Gasteiger charge is -2.16. The van der Waals surface area contributed by atoms with Gasteiger partial charge in [0.2, 0.25) is 0 Å². The Hall–Kier alpha value is -9.22. The molecule has 4 heterocycles. The number of thiophene rings is 1. The predicted molar refractivity (Wildman–Crippen MR) is 305 cm³/mol. The van der Waals surface area contributed by atoms with E-state index in [0.29, 0.717) is 0 Å². The molecule has 0 aliphatic heterocycles. The summed E-state index contributed by atoms with van der Waals surface area (Å²) >= 11 is 1.94. The van der Waals surface area contributed by atoms with Crippen molar-refractivity contribution in [3.8, 4) is 67.0 Å². The number of hydrogen-bond donors (Lipinski definition) is 0. The molecule has 0 radical (unpaired) electrons. The van der Waals surface area contributed by atoms with Crippen molar-refractivity contribution in [2.45, 2.75) is 0 Å². The van der Waals surface area contributed by atoms with Crippen molar-refractivity contribution in [3.05, 3.63) is 218 Å². The summed E-state index contributed by atoms with van der Waals surface area (Å²) in [6.45, 7) is 0. The first-order chi connectivity index (χ1) is 35.8. The van der Waals surface area contributed by atoms with Gasteiger partial charge in [0.25, 0.3) is 0 Å². The van der Waals surface area contributed by atoms with Gasteiger partial charge in [0.15, 0.2) is 0 Å². The third-order valence-corrected chi connectivity index (χ3v) is 17.5. The van der Waals surface area contributed by atoms with Crippen LogP contribution in [0.3, 0.4) is 0 Å².